The summed E-state index contributed by atoms with van der Waals surface area (Å²) in [4.78, 5) is 0. The van der Waals surface area contributed by atoms with Crippen LogP contribution in [0.3, 0.4) is 0 Å². The van der Waals surface area contributed by atoms with Gasteiger partial charge in [0.2, 0.25) is 0 Å². The Morgan fingerprint density at radius 3 is 2.50 bits per heavy atom. The molecule has 1 aliphatic rings. The maximum atomic E-state index is 9.00. The van der Waals surface area contributed by atoms with E-state index < -0.39 is 0 Å². The first-order valence-corrected chi connectivity index (χ1v) is 5.57. The second-order valence-electron chi connectivity index (χ2n) is 2.21. The molecule has 8 heavy (non-hydrogen) atoms. The van der Waals surface area contributed by atoms with Crippen molar-refractivity contribution in [2.75, 3.05) is 4.43 Å². The Hall–Kier alpha value is 0.650. The van der Waals surface area contributed by atoms with E-state index in [9.17, 15) is 0 Å². The van der Waals surface area contributed by atoms with Crippen molar-refractivity contribution < 1.29 is 26.6 Å². The predicted octanol–water partition coefficient (Wildman–Crippen LogP) is -3.28. The van der Waals surface area contributed by atoms with Gasteiger partial charge in [0.05, 0.1) is 0 Å². The van der Waals surface area contributed by atoms with Crippen LogP contribution in [0.5, 0.6) is 0 Å². The van der Waals surface area contributed by atoms with Gasteiger partial charge in [-0.1, -0.05) is 0 Å². The average Bonchev–Trinajstić information content (AvgIpc) is 1.79. The van der Waals surface area contributed by atoms with E-state index in [4.69, 9.17) is 9.05 Å². The van der Waals surface area contributed by atoms with Crippen LogP contribution in [0.1, 0.15) is 12.8 Å². The summed E-state index contributed by atoms with van der Waals surface area (Å²) in [5.74, 6) is 0.577. The van der Waals surface area contributed by atoms with Gasteiger partial charge in [-0.3, -0.25) is 0 Å². The second-order valence-corrected chi connectivity index (χ2v) is 3.97. The summed E-state index contributed by atoms with van der Waals surface area (Å²) in [5, 5.41) is 9.00. The third-order valence-electron chi connectivity index (χ3n) is 1.66. The number of aliphatic hydroxyl groups is 1. The summed E-state index contributed by atoms with van der Waals surface area (Å²) in [6.45, 7) is 0. The van der Waals surface area contributed by atoms with Crippen LogP contribution in [-0.4, -0.2) is 15.6 Å². The summed E-state index contributed by atoms with van der Waals surface area (Å²) >= 11 is -0.0752. The number of alkyl halides is 1. The molecular weight excluding hydrogens is 217 g/mol. The van der Waals surface area contributed by atoms with Gasteiger partial charge in [0.1, 0.15) is 0 Å². The molecule has 0 unspecified atom stereocenters. The zero-order chi connectivity index (χ0) is 5.98. The van der Waals surface area contributed by atoms with Crippen LogP contribution in [0.25, 0.3) is 0 Å². The molecule has 0 bridgehead atoms. The molecule has 0 aromatic rings. The van der Waals surface area contributed by atoms with E-state index in [0.29, 0.717) is 5.92 Å². The van der Waals surface area contributed by atoms with Gasteiger partial charge in [-0.15, -0.1) is 0 Å². The van der Waals surface area contributed by atoms with Crippen LogP contribution in [0.2, 0.25) is 0 Å². The van der Waals surface area contributed by atoms with E-state index in [0.717, 1.165) is 10.8 Å². The van der Waals surface area contributed by atoms with Crippen LogP contribution < -0.4 is 25.4 Å². The number of halogens is 1. The van der Waals surface area contributed by atoms with Crippen molar-refractivity contribution in [3.63, 3.8) is 0 Å². The van der Waals surface area contributed by atoms with E-state index in [1.807, 2.05) is 0 Å². The molecular formula is C5H11INO-. The first kappa shape index (κ1) is 6.77. The van der Waals surface area contributed by atoms with Crippen LogP contribution in [0.4, 0.5) is 0 Å². The van der Waals surface area contributed by atoms with Gasteiger partial charge in [0, 0.05) is 0 Å². The van der Waals surface area contributed by atoms with Gasteiger partial charge in [0.25, 0.3) is 0 Å². The fourth-order valence-corrected chi connectivity index (χ4v) is 2.53. The SMILES string of the molecule is N[I-]C[C@@H]1CC[C@H]1O. The number of rotatable bonds is 2. The average molecular weight is 228 g/mol. The van der Waals surface area contributed by atoms with Gasteiger partial charge in [-0.05, 0) is 0 Å². The Bertz CT molecular complexity index is 78.8. The van der Waals surface area contributed by atoms with E-state index in [1.54, 1.807) is 0 Å². The Morgan fingerprint density at radius 2 is 2.38 bits per heavy atom. The van der Waals surface area contributed by atoms with Gasteiger partial charge in [0.15, 0.2) is 0 Å². The fourth-order valence-electron chi connectivity index (χ4n) is 0.846. The van der Waals surface area contributed by atoms with Crippen LogP contribution >= 0.6 is 0 Å². The molecule has 0 radical (unpaired) electrons. The summed E-state index contributed by atoms with van der Waals surface area (Å²) in [5.41, 5.74) is 0. The number of hydrogen-bond donors (Lipinski definition) is 2. The van der Waals surface area contributed by atoms with E-state index in [2.05, 4.69) is 0 Å². The van der Waals surface area contributed by atoms with Crippen LogP contribution in [0, 0.1) is 5.92 Å². The van der Waals surface area contributed by atoms with Crippen LogP contribution in [-0.2, 0) is 0 Å². The first-order chi connectivity index (χ1) is 3.84. The molecule has 3 N–H and O–H groups in total. The molecule has 50 valence electrons. The predicted molar refractivity (Wildman–Crippen MR) is 27.8 cm³/mol. The minimum absolute atomic E-state index is 0.00162. The van der Waals surface area contributed by atoms with Gasteiger partial charge in [-0.25, -0.2) is 0 Å². The monoisotopic (exact) mass is 228 g/mol. The van der Waals surface area contributed by atoms with E-state index in [-0.39, 0.29) is 27.6 Å². The maximum absolute atomic E-state index is 9.00. The van der Waals surface area contributed by atoms with Crippen molar-refractivity contribution in [1.29, 1.82) is 0 Å². The topological polar surface area (TPSA) is 46.2 Å². The fraction of sp³-hybridized carbons (Fsp3) is 1.00. The van der Waals surface area contributed by atoms with Crippen LogP contribution in [0.15, 0.2) is 0 Å². The van der Waals surface area contributed by atoms with Gasteiger partial charge in [-0.2, -0.15) is 0 Å². The Balaban J connectivity index is 2.08. The summed E-state index contributed by atoms with van der Waals surface area (Å²) < 4.78 is 6.51. The van der Waals surface area contributed by atoms with Crippen molar-refractivity contribution >= 4 is 0 Å². The van der Waals surface area contributed by atoms with Crippen molar-refractivity contribution in [3.8, 4) is 0 Å². The van der Waals surface area contributed by atoms with E-state index in [1.165, 1.54) is 6.42 Å². The van der Waals surface area contributed by atoms with Crippen molar-refractivity contribution in [2.24, 2.45) is 9.86 Å². The molecule has 0 saturated heterocycles. The molecule has 0 spiro atoms. The Kier molecular flexibility index (Phi) is 2.52. The third-order valence-corrected chi connectivity index (χ3v) is 3.30. The number of nitrogens with two attached hydrogens (primary N) is 1. The summed E-state index contributed by atoms with van der Waals surface area (Å²) in [7, 11) is 0. The van der Waals surface area contributed by atoms with Gasteiger partial charge >= 0.3 is 59.8 Å². The molecule has 0 aliphatic heterocycles. The Labute approximate surface area is 60.1 Å². The Morgan fingerprint density at radius 1 is 1.62 bits per heavy atom. The second kappa shape index (κ2) is 2.98. The number of aliphatic hydroxyl groups excluding tert-OH is 1. The van der Waals surface area contributed by atoms with Crippen molar-refractivity contribution in [2.45, 2.75) is 18.9 Å². The quantitative estimate of drug-likeness (QED) is 0.296. The zero-order valence-electron chi connectivity index (χ0n) is 4.68. The van der Waals surface area contributed by atoms with Gasteiger partial charge < -0.3 is 0 Å². The van der Waals surface area contributed by atoms with Crippen molar-refractivity contribution in [1.82, 2.24) is 0 Å². The molecule has 1 fully saturated rings. The molecule has 2 atom stereocenters. The van der Waals surface area contributed by atoms with Crippen molar-refractivity contribution in [3.05, 3.63) is 0 Å². The molecule has 0 heterocycles. The standard InChI is InChI=1S/C5H11INO/c7-6-3-4-1-2-5(4)8/h4-5,8H,1-3,7H2/q-1/t4-,5+/m0/s1. The molecule has 0 aromatic heterocycles. The molecule has 1 aliphatic carbocycles. The molecule has 0 aromatic carbocycles. The molecule has 1 rings (SSSR count). The summed E-state index contributed by atoms with van der Waals surface area (Å²) in [6.07, 6.45) is 2.21. The molecule has 2 nitrogen and oxygen atoms in total. The first-order valence-electron chi connectivity index (χ1n) is 2.80. The normalized spacial score (nSPS) is 37.2. The zero-order valence-corrected chi connectivity index (χ0v) is 6.84. The third kappa shape index (κ3) is 1.33. The molecule has 0 amide bonds. The minimum atomic E-state index is -0.0752. The number of hydrogen-bond acceptors (Lipinski definition) is 2. The summed E-state index contributed by atoms with van der Waals surface area (Å²) in [6, 6.07) is 0. The van der Waals surface area contributed by atoms with E-state index >= 15 is 0 Å². The molecule has 1 saturated carbocycles. The molecule has 3 heteroatoms.